The monoisotopic (exact) mass is 274 g/mol. The van der Waals surface area contributed by atoms with Crippen molar-refractivity contribution in [2.75, 3.05) is 6.61 Å². The number of benzene rings is 1. The Balaban J connectivity index is 2.86. The summed E-state index contributed by atoms with van der Waals surface area (Å²) in [6.45, 7) is 3.84. The molecule has 82 valence electrons. The summed E-state index contributed by atoms with van der Waals surface area (Å²) in [7, 11) is 0. The van der Waals surface area contributed by atoms with Crippen molar-refractivity contribution in [1.82, 2.24) is 0 Å². The lowest BCUT2D eigenvalue weighted by atomic mass is 10.0. The molecule has 1 aromatic carbocycles. The van der Waals surface area contributed by atoms with Gasteiger partial charge >= 0.3 is 5.97 Å². The van der Waals surface area contributed by atoms with Crippen LogP contribution in [0.5, 0.6) is 0 Å². The van der Waals surface area contributed by atoms with Crippen LogP contribution in [0.3, 0.4) is 0 Å². The SMILES string of the molecule is CCOC(=O)C(C)c1ccc(F)c(Br)c1. The van der Waals surface area contributed by atoms with Crippen molar-refractivity contribution in [2.45, 2.75) is 19.8 Å². The quantitative estimate of drug-likeness (QED) is 0.791. The van der Waals surface area contributed by atoms with Crippen LogP contribution < -0.4 is 0 Å². The average molecular weight is 275 g/mol. The van der Waals surface area contributed by atoms with Gasteiger partial charge in [-0.1, -0.05) is 6.07 Å². The van der Waals surface area contributed by atoms with Gasteiger partial charge in [-0.3, -0.25) is 4.79 Å². The van der Waals surface area contributed by atoms with Crippen LogP contribution in [-0.2, 0) is 9.53 Å². The van der Waals surface area contributed by atoms with E-state index in [0.29, 0.717) is 11.1 Å². The van der Waals surface area contributed by atoms with Crippen LogP contribution in [0.1, 0.15) is 25.3 Å². The highest BCUT2D eigenvalue weighted by Crippen LogP contribution is 2.23. The van der Waals surface area contributed by atoms with Gasteiger partial charge in [0.25, 0.3) is 0 Å². The second-order valence-corrected chi connectivity index (χ2v) is 4.00. The normalized spacial score (nSPS) is 12.3. The number of halogens is 2. The van der Waals surface area contributed by atoms with E-state index in [1.54, 1.807) is 26.0 Å². The zero-order valence-corrected chi connectivity index (χ0v) is 10.2. The molecule has 0 N–H and O–H groups in total. The van der Waals surface area contributed by atoms with Crippen molar-refractivity contribution < 1.29 is 13.9 Å². The second kappa shape index (κ2) is 5.26. The molecule has 1 rings (SSSR count). The van der Waals surface area contributed by atoms with Gasteiger partial charge in [0.15, 0.2) is 0 Å². The van der Waals surface area contributed by atoms with Gasteiger partial charge in [0, 0.05) is 0 Å². The summed E-state index contributed by atoms with van der Waals surface area (Å²) in [5, 5.41) is 0. The van der Waals surface area contributed by atoms with E-state index in [1.807, 2.05) is 0 Å². The van der Waals surface area contributed by atoms with E-state index in [1.165, 1.54) is 6.07 Å². The van der Waals surface area contributed by atoms with Gasteiger partial charge < -0.3 is 4.74 Å². The molecule has 0 bridgehead atoms. The molecule has 1 unspecified atom stereocenters. The summed E-state index contributed by atoms with van der Waals surface area (Å²) in [6, 6.07) is 4.51. The molecule has 0 fully saturated rings. The highest BCUT2D eigenvalue weighted by molar-refractivity contribution is 9.10. The summed E-state index contributed by atoms with van der Waals surface area (Å²) >= 11 is 3.08. The minimum Gasteiger partial charge on any atom is -0.466 e. The van der Waals surface area contributed by atoms with Crippen LogP contribution in [0.25, 0.3) is 0 Å². The third-order valence-corrected chi connectivity index (χ3v) is 2.69. The van der Waals surface area contributed by atoms with E-state index in [2.05, 4.69) is 15.9 Å². The molecule has 2 nitrogen and oxygen atoms in total. The van der Waals surface area contributed by atoms with E-state index in [0.717, 1.165) is 5.56 Å². The summed E-state index contributed by atoms with van der Waals surface area (Å²) in [6.07, 6.45) is 0. The molecule has 1 atom stereocenters. The molecule has 0 aromatic heterocycles. The lowest BCUT2D eigenvalue weighted by molar-refractivity contribution is -0.144. The highest BCUT2D eigenvalue weighted by atomic mass is 79.9. The lowest BCUT2D eigenvalue weighted by Gasteiger charge is -2.11. The third kappa shape index (κ3) is 3.02. The Labute approximate surface area is 96.6 Å². The van der Waals surface area contributed by atoms with E-state index in [4.69, 9.17) is 4.74 Å². The molecule has 0 spiro atoms. The van der Waals surface area contributed by atoms with Crippen molar-refractivity contribution in [3.63, 3.8) is 0 Å². The van der Waals surface area contributed by atoms with E-state index >= 15 is 0 Å². The minimum absolute atomic E-state index is 0.295. The number of hydrogen-bond donors (Lipinski definition) is 0. The lowest BCUT2D eigenvalue weighted by Crippen LogP contribution is -2.13. The molecule has 15 heavy (non-hydrogen) atoms. The van der Waals surface area contributed by atoms with Crippen molar-refractivity contribution >= 4 is 21.9 Å². The molecule has 0 aliphatic heterocycles. The van der Waals surface area contributed by atoms with Crippen LogP contribution in [0, 0.1) is 5.82 Å². The van der Waals surface area contributed by atoms with Gasteiger partial charge in [0.1, 0.15) is 5.82 Å². The fourth-order valence-corrected chi connectivity index (χ4v) is 1.58. The molecule has 0 saturated heterocycles. The standard InChI is InChI=1S/C11H12BrFO2/c1-3-15-11(14)7(2)8-4-5-10(13)9(12)6-8/h4-7H,3H2,1-2H3. The largest absolute Gasteiger partial charge is 0.466 e. The summed E-state index contributed by atoms with van der Waals surface area (Å²) < 4.78 is 18.2. The number of esters is 1. The summed E-state index contributed by atoms with van der Waals surface area (Å²) in [5.41, 5.74) is 0.738. The first kappa shape index (κ1) is 12.2. The molecular formula is C11H12BrFO2. The summed E-state index contributed by atoms with van der Waals surface area (Å²) in [5.74, 6) is -1.01. The van der Waals surface area contributed by atoms with Crippen molar-refractivity contribution in [1.29, 1.82) is 0 Å². The Morgan fingerprint density at radius 3 is 2.80 bits per heavy atom. The van der Waals surface area contributed by atoms with E-state index < -0.39 is 0 Å². The molecule has 4 heteroatoms. The summed E-state index contributed by atoms with van der Waals surface area (Å²) in [4.78, 5) is 11.4. The molecule has 0 aliphatic rings. The maximum Gasteiger partial charge on any atom is 0.313 e. The average Bonchev–Trinajstić information content (AvgIpc) is 2.21. The van der Waals surface area contributed by atoms with Crippen molar-refractivity contribution in [3.05, 3.63) is 34.1 Å². The van der Waals surface area contributed by atoms with Gasteiger partial charge in [-0.15, -0.1) is 0 Å². The van der Waals surface area contributed by atoms with Gasteiger partial charge in [0.2, 0.25) is 0 Å². The fourth-order valence-electron chi connectivity index (χ4n) is 1.19. The van der Waals surface area contributed by atoms with Crippen LogP contribution in [0.15, 0.2) is 22.7 Å². The smallest absolute Gasteiger partial charge is 0.313 e. The topological polar surface area (TPSA) is 26.3 Å². The van der Waals surface area contributed by atoms with Gasteiger partial charge in [-0.25, -0.2) is 4.39 Å². The van der Waals surface area contributed by atoms with E-state index in [9.17, 15) is 9.18 Å². The third-order valence-electron chi connectivity index (χ3n) is 2.08. The number of carbonyl (C=O) groups is 1. The highest BCUT2D eigenvalue weighted by Gasteiger charge is 2.17. The molecule has 0 saturated carbocycles. The molecular weight excluding hydrogens is 263 g/mol. The second-order valence-electron chi connectivity index (χ2n) is 3.15. The molecule has 0 heterocycles. The molecule has 1 aromatic rings. The number of rotatable bonds is 3. The maximum absolute atomic E-state index is 12.9. The number of hydrogen-bond acceptors (Lipinski definition) is 2. The Morgan fingerprint density at radius 1 is 1.60 bits per heavy atom. The Morgan fingerprint density at radius 2 is 2.27 bits per heavy atom. The maximum atomic E-state index is 12.9. The zero-order chi connectivity index (χ0) is 11.4. The fraction of sp³-hybridized carbons (Fsp3) is 0.364. The van der Waals surface area contributed by atoms with Crippen LogP contribution >= 0.6 is 15.9 Å². The predicted octanol–water partition coefficient (Wildman–Crippen LogP) is 3.25. The Bertz CT molecular complexity index is 366. The predicted molar refractivity (Wildman–Crippen MR) is 59.1 cm³/mol. The van der Waals surface area contributed by atoms with Gasteiger partial charge in [0.05, 0.1) is 17.0 Å². The van der Waals surface area contributed by atoms with Gasteiger partial charge in [-0.2, -0.15) is 0 Å². The van der Waals surface area contributed by atoms with Crippen LogP contribution in [0.4, 0.5) is 4.39 Å². The minimum atomic E-state index is -0.373. The number of carbonyl (C=O) groups excluding carboxylic acids is 1. The first-order valence-corrected chi connectivity index (χ1v) is 5.47. The first-order valence-electron chi connectivity index (χ1n) is 4.67. The molecule has 0 amide bonds. The molecule has 0 radical (unpaired) electrons. The Hall–Kier alpha value is -0.900. The van der Waals surface area contributed by atoms with Crippen molar-refractivity contribution in [2.24, 2.45) is 0 Å². The van der Waals surface area contributed by atoms with Gasteiger partial charge in [-0.05, 0) is 47.5 Å². The first-order chi connectivity index (χ1) is 7.06. The van der Waals surface area contributed by atoms with Crippen LogP contribution in [0.2, 0.25) is 0 Å². The van der Waals surface area contributed by atoms with E-state index in [-0.39, 0.29) is 17.7 Å². The van der Waals surface area contributed by atoms with Crippen LogP contribution in [-0.4, -0.2) is 12.6 Å². The number of ether oxygens (including phenoxy) is 1. The Kier molecular flexibility index (Phi) is 4.27. The zero-order valence-electron chi connectivity index (χ0n) is 8.59. The van der Waals surface area contributed by atoms with Crippen molar-refractivity contribution in [3.8, 4) is 0 Å². The molecule has 0 aliphatic carbocycles.